The molecule has 2 aromatic heterocycles. The number of anilines is 1. The quantitative estimate of drug-likeness (QED) is 0.925. The van der Waals surface area contributed by atoms with Crippen LogP contribution in [0.4, 0.5) is 5.69 Å². The lowest BCUT2D eigenvalue weighted by Gasteiger charge is -2.10. The van der Waals surface area contributed by atoms with Crippen molar-refractivity contribution in [1.29, 1.82) is 0 Å². The molecule has 0 aromatic carbocycles. The number of aryl methyl sites for hydroxylation is 1. The predicted molar refractivity (Wildman–Crippen MR) is 72.8 cm³/mol. The van der Waals surface area contributed by atoms with Gasteiger partial charge in [-0.25, -0.2) is 9.67 Å². The van der Waals surface area contributed by atoms with E-state index in [1.807, 2.05) is 23.7 Å². The van der Waals surface area contributed by atoms with Crippen molar-refractivity contribution < 1.29 is 0 Å². The fourth-order valence-electron chi connectivity index (χ4n) is 2.33. The zero-order valence-electron chi connectivity index (χ0n) is 10.8. The number of nitrogen functional groups attached to an aromatic ring is 1. The lowest BCUT2D eigenvalue weighted by molar-refractivity contribution is 0.423. The van der Waals surface area contributed by atoms with E-state index in [9.17, 15) is 0 Å². The number of pyridine rings is 1. The molecule has 19 heavy (non-hydrogen) atoms. The Morgan fingerprint density at radius 2 is 2.11 bits per heavy atom. The molecule has 0 amide bonds. The van der Waals surface area contributed by atoms with Crippen molar-refractivity contribution in [3.8, 4) is 0 Å². The first-order valence-corrected chi connectivity index (χ1v) is 7.24. The molecule has 1 fully saturated rings. The molecular formula is C12H16N6S. The standard InChI is InChI=1S/C12H16N6S/c1-8-10(13)6-7-11(14-8)19-12-15-16-17-18(12)9-4-2-3-5-9/h6-7,9H,2-5,13H2,1H3. The average Bonchev–Trinajstić information content (AvgIpc) is 3.04. The molecule has 0 bridgehead atoms. The van der Waals surface area contributed by atoms with Crippen molar-refractivity contribution >= 4 is 17.4 Å². The van der Waals surface area contributed by atoms with Gasteiger partial charge in [-0.3, -0.25) is 0 Å². The Labute approximate surface area is 115 Å². The number of nitrogens with zero attached hydrogens (tertiary/aromatic N) is 5. The Hall–Kier alpha value is -1.63. The molecule has 0 spiro atoms. The fraction of sp³-hybridized carbons (Fsp3) is 0.500. The van der Waals surface area contributed by atoms with Gasteiger partial charge in [0.25, 0.3) is 0 Å². The summed E-state index contributed by atoms with van der Waals surface area (Å²) in [6.45, 7) is 1.90. The molecule has 2 heterocycles. The van der Waals surface area contributed by atoms with Crippen LogP contribution >= 0.6 is 11.8 Å². The molecule has 100 valence electrons. The van der Waals surface area contributed by atoms with Crippen molar-refractivity contribution in [3.05, 3.63) is 17.8 Å². The zero-order valence-corrected chi connectivity index (χ0v) is 11.6. The minimum atomic E-state index is 0.437. The summed E-state index contributed by atoms with van der Waals surface area (Å²) in [5.74, 6) is 0. The molecule has 0 radical (unpaired) electrons. The largest absolute Gasteiger partial charge is 0.397 e. The highest BCUT2D eigenvalue weighted by Crippen LogP contribution is 2.33. The minimum Gasteiger partial charge on any atom is -0.397 e. The van der Waals surface area contributed by atoms with Gasteiger partial charge in [0.15, 0.2) is 0 Å². The van der Waals surface area contributed by atoms with E-state index in [0.717, 1.165) is 28.7 Å². The predicted octanol–water partition coefficient (Wildman–Crippen LogP) is 2.23. The molecule has 2 N–H and O–H groups in total. The van der Waals surface area contributed by atoms with Gasteiger partial charge in [-0.2, -0.15) is 0 Å². The summed E-state index contributed by atoms with van der Waals surface area (Å²) < 4.78 is 1.94. The summed E-state index contributed by atoms with van der Waals surface area (Å²) in [5.41, 5.74) is 7.32. The van der Waals surface area contributed by atoms with Gasteiger partial charge in [0.2, 0.25) is 5.16 Å². The van der Waals surface area contributed by atoms with E-state index in [1.54, 1.807) is 0 Å². The molecule has 6 nitrogen and oxygen atoms in total. The third kappa shape index (κ3) is 2.56. The van der Waals surface area contributed by atoms with Crippen LogP contribution in [-0.4, -0.2) is 25.2 Å². The van der Waals surface area contributed by atoms with E-state index < -0.39 is 0 Å². The van der Waals surface area contributed by atoms with Crippen LogP contribution in [0.3, 0.4) is 0 Å². The van der Waals surface area contributed by atoms with Gasteiger partial charge in [0, 0.05) is 0 Å². The van der Waals surface area contributed by atoms with Crippen LogP contribution in [0.25, 0.3) is 0 Å². The summed E-state index contributed by atoms with van der Waals surface area (Å²) in [6.07, 6.45) is 4.83. The third-order valence-corrected chi connectivity index (χ3v) is 4.32. The van der Waals surface area contributed by atoms with Crippen molar-refractivity contribution in [2.75, 3.05) is 5.73 Å². The SMILES string of the molecule is Cc1nc(Sc2nnnn2C2CCCC2)ccc1N. The minimum absolute atomic E-state index is 0.437. The molecule has 1 aliphatic rings. The second-order valence-electron chi connectivity index (χ2n) is 4.77. The van der Waals surface area contributed by atoms with Crippen LogP contribution < -0.4 is 5.73 Å². The zero-order chi connectivity index (χ0) is 13.2. The second-order valence-corrected chi connectivity index (χ2v) is 5.76. The number of hydrogen-bond acceptors (Lipinski definition) is 6. The highest BCUT2D eigenvalue weighted by Gasteiger charge is 2.22. The molecular weight excluding hydrogens is 260 g/mol. The summed E-state index contributed by atoms with van der Waals surface area (Å²) in [6, 6.07) is 4.21. The topological polar surface area (TPSA) is 82.5 Å². The van der Waals surface area contributed by atoms with Crippen LogP contribution in [0.15, 0.2) is 22.3 Å². The highest BCUT2D eigenvalue weighted by atomic mass is 32.2. The summed E-state index contributed by atoms with van der Waals surface area (Å²) in [5, 5.41) is 13.7. The Morgan fingerprint density at radius 1 is 1.32 bits per heavy atom. The van der Waals surface area contributed by atoms with E-state index in [2.05, 4.69) is 20.5 Å². The lowest BCUT2D eigenvalue weighted by atomic mass is 10.3. The molecule has 0 atom stereocenters. The summed E-state index contributed by atoms with van der Waals surface area (Å²) >= 11 is 1.49. The average molecular weight is 276 g/mol. The fourth-order valence-corrected chi connectivity index (χ4v) is 3.19. The Bertz CT molecular complexity index is 575. The first kappa shape index (κ1) is 12.4. The Morgan fingerprint density at radius 3 is 2.84 bits per heavy atom. The van der Waals surface area contributed by atoms with Crippen LogP contribution in [0.2, 0.25) is 0 Å². The van der Waals surface area contributed by atoms with Crippen molar-refractivity contribution in [2.45, 2.75) is 48.8 Å². The maximum absolute atomic E-state index is 5.77. The van der Waals surface area contributed by atoms with Crippen LogP contribution in [0, 0.1) is 6.92 Å². The van der Waals surface area contributed by atoms with E-state index >= 15 is 0 Å². The van der Waals surface area contributed by atoms with Gasteiger partial charge < -0.3 is 5.73 Å². The lowest BCUT2D eigenvalue weighted by Crippen LogP contribution is -2.08. The molecule has 0 saturated heterocycles. The van der Waals surface area contributed by atoms with E-state index in [1.165, 1.54) is 24.6 Å². The molecule has 2 aromatic rings. The molecule has 7 heteroatoms. The maximum atomic E-state index is 5.77. The van der Waals surface area contributed by atoms with Crippen LogP contribution in [0.5, 0.6) is 0 Å². The first-order valence-electron chi connectivity index (χ1n) is 6.43. The van der Waals surface area contributed by atoms with Crippen molar-refractivity contribution in [3.63, 3.8) is 0 Å². The highest BCUT2D eigenvalue weighted by molar-refractivity contribution is 7.99. The molecule has 3 rings (SSSR count). The number of rotatable bonds is 3. The monoisotopic (exact) mass is 276 g/mol. The number of hydrogen-bond donors (Lipinski definition) is 1. The van der Waals surface area contributed by atoms with E-state index in [4.69, 9.17) is 5.73 Å². The van der Waals surface area contributed by atoms with E-state index in [0.29, 0.717) is 11.7 Å². The molecule has 1 aliphatic carbocycles. The second kappa shape index (κ2) is 5.16. The van der Waals surface area contributed by atoms with Gasteiger partial charge in [0.05, 0.1) is 17.4 Å². The van der Waals surface area contributed by atoms with Gasteiger partial charge in [-0.15, -0.1) is 5.10 Å². The Kier molecular flexibility index (Phi) is 3.37. The number of aromatic nitrogens is 5. The molecule has 0 aliphatic heterocycles. The molecule has 0 unspecified atom stereocenters. The van der Waals surface area contributed by atoms with Gasteiger partial charge in [-0.1, -0.05) is 12.8 Å². The molecule has 1 saturated carbocycles. The summed E-state index contributed by atoms with van der Waals surface area (Å²) in [7, 11) is 0. The van der Waals surface area contributed by atoms with Gasteiger partial charge >= 0.3 is 0 Å². The van der Waals surface area contributed by atoms with Crippen LogP contribution in [0.1, 0.15) is 37.4 Å². The summed E-state index contributed by atoms with van der Waals surface area (Å²) in [4.78, 5) is 4.44. The van der Waals surface area contributed by atoms with E-state index in [-0.39, 0.29) is 0 Å². The van der Waals surface area contributed by atoms with Crippen molar-refractivity contribution in [1.82, 2.24) is 25.2 Å². The Balaban J connectivity index is 1.83. The normalized spacial score (nSPS) is 16.1. The van der Waals surface area contributed by atoms with Crippen LogP contribution in [-0.2, 0) is 0 Å². The third-order valence-electron chi connectivity index (χ3n) is 3.43. The number of nitrogens with two attached hydrogens (primary N) is 1. The number of tetrazole rings is 1. The van der Waals surface area contributed by atoms with Gasteiger partial charge in [0.1, 0.15) is 5.03 Å². The smallest absolute Gasteiger partial charge is 0.215 e. The first-order chi connectivity index (χ1) is 9.24. The van der Waals surface area contributed by atoms with Gasteiger partial charge in [-0.05, 0) is 54.1 Å². The van der Waals surface area contributed by atoms with Crippen molar-refractivity contribution in [2.24, 2.45) is 0 Å². The maximum Gasteiger partial charge on any atom is 0.215 e.